The van der Waals surface area contributed by atoms with Crippen LogP contribution in [0.4, 0.5) is 0 Å². The Bertz CT molecular complexity index is 758. The van der Waals surface area contributed by atoms with Crippen LogP contribution in [-0.2, 0) is 4.79 Å². The number of hydrogen-bond donors (Lipinski definition) is 1. The van der Waals surface area contributed by atoms with Gasteiger partial charge in [0.1, 0.15) is 17.2 Å². The van der Waals surface area contributed by atoms with Crippen molar-refractivity contribution in [1.29, 1.82) is 0 Å². The molecule has 2 aromatic rings. The van der Waals surface area contributed by atoms with Gasteiger partial charge in [0.25, 0.3) is 5.91 Å². The Hall–Kier alpha value is -2.06. The predicted molar refractivity (Wildman–Crippen MR) is 103 cm³/mol. The first kappa shape index (κ1) is 19.3. The fraction of sp³-hybridized carbons (Fsp3) is 0.176. The van der Waals surface area contributed by atoms with Crippen molar-refractivity contribution in [3.05, 3.63) is 50.9 Å². The van der Waals surface area contributed by atoms with Gasteiger partial charge in [0.2, 0.25) is 0 Å². The van der Waals surface area contributed by atoms with E-state index in [1.807, 2.05) is 18.2 Å². The highest BCUT2D eigenvalue weighted by atomic mass is 79.9. The summed E-state index contributed by atoms with van der Waals surface area (Å²) < 4.78 is 17.1. The van der Waals surface area contributed by atoms with Crippen LogP contribution in [0.5, 0.6) is 17.2 Å². The van der Waals surface area contributed by atoms with Crippen molar-refractivity contribution in [2.24, 2.45) is 5.10 Å². The Morgan fingerprint density at radius 2 is 1.80 bits per heavy atom. The molecule has 1 amide bonds. The normalized spacial score (nSPS) is 10.6. The maximum absolute atomic E-state index is 11.8. The molecule has 0 aliphatic heterocycles. The second kappa shape index (κ2) is 9.43. The molecule has 0 aromatic heterocycles. The summed E-state index contributed by atoms with van der Waals surface area (Å²) in [4.78, 5) is 11.8. The number of hydrazone groups is 1. The van der Waals surface area contributed by atoms with Gasteiger partial charge in [-0.3, -0.25) is 4.79 Å². The number of carbonyl (C=O) groups excluding carboxylic acids is 1. The maximum atomic E-state index is 11.8. The molecule has 0 aliphatic rings. The van der Waals surface area contributed by atoms with Crippen molar-refractivity contribution in [2.75, 3.05) is 20.8 Å². The molecule has 0 fully saturated rings. The number of halogens is 2. The maximum Gasteiger partial charge on any atom is 0.277 e. The largest absolute Gasteiger partial charge is 0.497 e. The number of ether oxygens (including phenoxy) is 3. The van der Waals surface area contributed by atoms with Gasteiger partial charge in [-0.1, -0.05) is 12.1 Å². The van der Waals surface area contributed by atoms with Gasteiger partial charge in [-0.05, 0) is 61.7 Å². The topological polar surface area (TPSA) is 69.2 Å². The van der Waals surface area contributed by atoms with Crippen molar-refractivity contribution < 1.29 is 19.0 Å². The van der Waals surface area contributed by atoms with Crippen molar-refractivity contribution >= 4 is 44.0 Å². The number of benzene rings is 2. The van der Waals surface area contributed by atoms with Gasteiger partial charge in [0, 0.05) is 0 Å². The summed E-state index contributed by atoms with van der Waals surface area (Å²) in [7, 11) is 3.16. The minimum atomic E-state index is -0.381. The highest BCUT2D eigenvalue weighted by Crippen LogP contribution is 2.37. The lowest BCUT2D eigenvalue weighted by atomic mass is 10.2. The predicted octanol–water partition coefficient (Wildman–Crippen LogP) is 3.76. The standard InChI is InChI=1S/C17H16Br2N2O4/c1-23-12-5-3-4-11(6-12)9-20-21-16(22)10-25-17-14(18)7-13(24-2)8-15(17)19/h3-9H,10H2,1-2H3,(H,21,22)/b20-9+. The van der Waals surface area contributed by atoms with E-state index < -0.39 is 0 Å². The minimum Gasteiger partial charge on any atom is -0.497 e. The average molecular weight is 472 g/mol. The van der Waals surface area contributed by atoms with Gasteiger partial charge < -0.3 is 14.2 Å². The number of nitrogens with zero attached hydrogens (tertiary/aromatic N) is 1. The van der Waals surface area contributed by atoms with Crippen molar-refractivity contribution in [3.8, 4) is 17.2 Å². The zero-order valence-electron chi connectivity index (χ0n) is 13.6. The molecule has 0 heterocycles. The van der Waals surface area contributed by atoms with Gasteiger partial charge in [-0.25, -0.2) is 5.43 Å². The number of carbonyl (C=O) groups is 1. The van der Waals surface area contributed by atoms with E-state index in [1.165, 1.54) is 6.21 Å². The zero-order valence-corrected chi connectivity index (χ0v) is 16.8. The Labute approximate surface area is 162 Å². The van der Waals surface area contributed by atoms with Crippen LogP contribution in [0.3, 0.4) is 0 Å². The van der Waals surface area contributed by atoms with Gasteiger partial charge in [0.05, 0.1) is 29.4 Å². The summed E-state index contributed by atoms with van der Waals surface area (Å²) in [6, 6.07) is 10.8. The van der Waals surface area contributed by atoms with Gasteiger partial charge >= 0.3 is 0 Å². The second-order valence-electron chi connectivity index (χ2n) is 4.78. The summed E-state index contributed by atoms with van der Waals surface area (Å²) >= 11 is 6.76. The second-order valence-corrected chi connectivity index (χ2v) is 6.49. The fourth-order valence-corrected chi connectivity index (χ4v) is 3.24. The number of amides is 1. The van der Waals surface area contributed by atoms with Crippen LogP contribution in [0.2, 0.25) is 0 Å². The van der Waals surface area contributed by atoms with E-state index in [2.05, 4.69) is 42.4 Å². The van der Waals surface area contributed by atoms with Crippen LogP contribution < -0.4 is 19.6 Å². The van der Waals surface area contributed by atoms with E-state index in [0.717, 1.165) is 5.56 Å². The molecule has 0 saturated heterocycles. The van der Waals surface area contributed by atoms with Gasteiger partial charge in [0.15, 0.2) is 6.61 Å². The van der Waals surface area contributed by atoms with E-state index in [4.69, 9.17) is 14.2 Å². The van der Waals surface area contributed by atoms with Crippen molar-refractivity contribution in [1.82, 2.24) is 5.43 Å². The summed E-state index contributed by atoms with van der Waals surface area (Å²) in [6.07, 6.45) is 1.53. The number of methoxy groups -OCH3 is 2. The summed E-state index contributed by atoms with van der Waals surface area (Å²) in [5, 5.41) is 3.90. The van der Waals surface area contributed by atoms with E-state index in [-0.39, 0.29) is 12.5 Å². The molecule has 8 heteroatoms. The molecule has 0 bridgehead atoms. The van der Waals surface area contributed by atoms with Crippen molar-refractivity contribution in [2.45, 2.75) is 0 Å². The molecule has 0 atom stereocenters. The van der Waals surface area contributed by atoms with Crippen LogP contribution in [0.25, 0.3) is 0 Å². The molecule has 2 rings (SSSR count). The van der Waals surface area contributed by atoms with Crippen LogP contribution in [0.1, 0.15) is 5.56 Å². The molecule has 25 heavy (non-hydrogen) atoms. The smallest absolute Gasteiger partial charge is 0.277 e. The lowest BCUT2D eigenvalue weighted by molar-refractivity contribution is -0.123. The summed E-state index contributed by atoms with van der Waals surface area (Å²) in [6.45, 7) is -0.182. The Morgan fingerprint density at radius 3 is 2.44 bits per heavy atom. The molecule has 0 unspecified atom stereocenters. The van der Waals surface area contributed by atoms with E-state index in [1.54, 1.807) is 32.4 Å². The van der Waals surface area contributed by atoms with Crippen LogP contribution in [0.15, 0.2) is 50.4 Å². The molecule has 6 nitrogen and oxygen atoms in total. The monoisotopic (exact) mass is 470 g/mol. The highest BCUT2D eigenvalue weighted by molar-refractivity contribution is 9.11. The lowest BCUT2D eigenvalue weighted by Gasteiger charge is -2.11. The lowest BCUT2D eigenvalue weighted by Crippen LogP contribution is -2.24. The summed E-state index contributed by atoms with van der Waals surface area (Å²) in [5.74, 6) is 1.51. The van der Waals surface area contributed by atoms with E-state index in [0.29, 0.717) is 26.2 Å². The molecule has 0 aliphatic carbocycles. The first-order valence-electron chi connectivity index (χ1n) is 7.15. The average Bonchev–Trinajstić information content (AvgIpc) is 2.61. The molecule has 0 radical (unpaired) electrons. The molecule has 132 valence electrons. The molecular formula is C17H16Br2N2O4. The number of rotatable bonds is 7. The van der Waals surface area contributed by atoms with Crippen LogP contribution >= 0.6 is 31.9 Å². The first-order chi connectivity index (χ1) is 12.0. The van der Waals surface area contributed by atoms with Crippen LogP contribution in [0, 0.1) is 0 Å². The molecule has 0 saturated carbocycles. The molecule has 2 aromatic carbocycles. The first-order valence-corrected chi connectivity index (χ1v) is 8.74. The van der Waals surface area contributed by atoms with Gasteiger partial charge in [-0.15, -0.1) is 0 Å². The zero-order chi connectivity index (χ0) is 18.2. The molecule has 1 N–H and O–H groups in total. The molecule has 0 spiro atoms. The molecular weight excluding hydrogens is 456 g/mol. The number of hydrogen-bond acceptors (Lipinski definition) is 5. The third kappa shape index (κ3) is 5.75. The Morgan fingerprint density at radius 1 is 1.12 bits per heavy atom. The van der Waals surface area contributed by atoms with Crippen LogP contribution in [-0.4, -0.2) is 32.9 Å². The number of nitrogens with one attached hydrogen (secondary N) is 1. The highest BCUT2D eigenvalue weighted by Gasteiger charge is 2.11. The third-order valence-electron chi connectivity index (χ3n) is 3.05. The quantitative estimate of drug-likeness (QED) is 0.493. The van der Waals surface area contributed by atoms with E-state index >= 15 is 0 Å². The SMILES string of the molecule is COc1cccc(/C=N/NC(=O)COc2c(Br)cc(OC)cc2Br)c1. The van der Waals surface area contributed by atoms with E-state index in [9.17, 15) is 4.79 Å². The Balaban J connectivity index is 1.89. The fourth-order valence-electron chi connectivity index (χ4n) is 1.86. The van der Waals surface area contributed by atoms with Crippen molar-refractivity contribution in [3.63, 3.8) is 0 Å². The summed E-state index contributed by atoms with van der Waals surface area (Å²) in [5.41, 5.74) is 3.22. The third-order valence-corrected chi connectivity index (χ3v) is 4.23. The Kier molecular flexibility index (Phi) is 7.27. The van der Waals surface area contributed by atoms with Gasteiger partial charge in [-0.2, -0.15) is 5.10 Å². The minimum absolute atomic E-state index is 0.182.